The van der Waals surface area contributed by atoms with Gasteiger partial charge in [0.25, 0.3) is 0 Å². The Kier molecular flexibility index (Phi) is 2.63. The van der Waals surface area contributed by atoms with Crippen LogP contribution in [0, 0.1) is 6.92 Å². The van der Waals surface area contributed by atoms with Crippen LogP contribution >= 0.6 is 11.3 Å². The summed E-state index contributed by atoms with van der Waals surface area (Å²) in [5.74, 6) is 0.947. The molecule has 0 saturated heterocycles. The Labute approximate surface area is 121 Å². The van der Waals surface area contributed by atoms with Crippen molar-refractivity contribution in [3.8, 4) is 5.75 Å². The molecule has 20 heavy (non-hydrogen) atoms. The van der Waals surface area contributed by atoms with Crippen LogP contribution in [-0.2, 0) is 0 Å². The Morgan fingerprint density at radius 3 is 3.00 bits per heavy atom. The second kappa shape index (κ2) is 4.49. The molecule has 2 heterocycles. The van der Waals surface area contributed by atoms with E-state index in [4.69, 9.17) is 9.72 Å². The number of benzene rings is 2. The molecule has 1 atom stereocenters. The summed E-state index contributed by atoms with van der Waals surface area (Å²) in [5, 5.41) is 4.47. The van der Waals surface area contributed by atoms with Crippen molar-refractivity contribution in [1.29, 1.82) is 0 Å². The standard InChI is InChI=1S/C16H14N2OS/c1-10-5-4-7-12-15(10)19-13(9-17-12)16-18-11-6-2-3-8-14(11)20-16/h2-8,13,17H,9H2,1H3. The van der Waals surface area contributed by atoms with E-state index in [0.717, 1.165) is 34.1 Å². The molecule has 4 rings (SSSR count). The van der Waals surface area contributed by atoms with Crippen molar-refractivity contribution in [3.63, 3.8) is 0 Å². The number of nitrogens with one attached hydrogen (secondary N) is 1. The van der Waals surface area contributed by atoms with E-state index in [1.807, 2.05) is 24.3 Å². The molecule has 100 valence electrons. The Bertz CT molecular complexity index is 748. The van der Waals surface area contributed by atoms with Crippen LogP contribution in [0.2, 0.25) is 0 Å². The van der Waals surface area contributed by atoms with Gasteiger partial charge >= 0.3 is 0 Å². The number of nitrogens with zero attached hydrogens (tertiary/aromatic N) is 1. The van der Waals surface area contributed by atoms with E-state index in [0.29, 0.717) is 0 Å². The van der Waals surface area contributed by atoms with Gasteiger partial charge in [-0.2, -0.15) is 0 Å². The number of thiazole rings is 1. The summed E-state index contributed by atoms with van der Waals surface area (Å²) in [7, 11) is 0. The van der Waals surface area contributed by atoms with E-state index in [9.17, 15) is 0 Å². The van der Waals surface area contributed by atoms with Gasteiger partial charge in [0.2, 0.25) is 0 Å². The lowest BCUT2D eigenvalue weighted by Crippen LogP contribution is -2.23. The number of para-hydroxylation sites is 2. The summed E-state index contributed by atoms with van der Waals surface area (Å²) in [6.07, 6.45) is -0.0130. The van der Waals surface area contributed by atoms with Gasteiger partial charge in [-0.1, -0.05) is 24.3 Å². The quantitative estimate of drug-likeness (QED) is 0.728. The molecule has 4 heteroatoms. The van der Waals surface area contributed by atoms with Crippen molar-refractivity contribution in [2.45, 2.75) is 13.0 Å². The third-order valence-corrected chi connectivity index (χ3v) is 4.66. The number of aryl methyl sites for hydroxylation is 1. The largest absolute Gasteiger partial charge is 0.479 e. The first-order chi connectivity index (χ1) is 9.81. The number of ether oxygens (including phenoxy) is 1. The van der Waals surface area contributed by atoms with Gasteiger partial charge in [0, 0.05) is 0 Å². The van der Waals surface area contributed by atoms with Gasteiger partial charge in [0.15, 0.2) is 6.10 Å². The first-order valence-corrected chi connectivity index (χ1v) is 7.48. The molecular weight excluding hydrogens is 268 g/mol. The summed E-state index contributed by atoms with van der Waals surface area (Å²) in [6, 6.07) is 14.4. The van der Waals surface area contributed by atoms with Crippen molar-refractivity contribution < 1.29 is 4.74 Å². The maximum absolute atomic E-state index is 6.16. The average molecular weight is 282 g/mol. The lowest BCUT2D eigenvalue weighted by Gasteiger charge is -2.27. The van der Waals surface area contributed by atoms with Crippen molar-refractivity contribution in [2.24, 2.45) is 0 Å². The van der Waals surface area contributed by atoms with Crippen LogP contribution in [0.1, 0.15) is 16.7 Å². The molecule has 0 amide bonds. The predicted octanol–water partition coefficient (Wildman–Crippen LogP) is 4.15. The molecule has 3 aromatic rings. The van der Waals surface area contributed by atoms with E-state index >= 15 is 0 Å². The minimum Gasteiger partial charge on any atom is -0.479 e. The SMILES string of the molecule is Cc1cccc2c1OC(c1nc3ccccc3s1)CN2. The minimum atomic E-state index is -0.0130. The van der Waals surface area contributed by atoms with Crippen LogP contribution in [0.25, 0.3) is 10.2 Å². The van der Waals surface area contributed by atoms with Gasteiger partial charge in [-0.05, 0) is 30.7 Å². The van der Waals surface area contributed by atoms with Gasteiger partial charge in [0.1, 0.15) is 10.8 Å². The maximum atomic E-state index is 6.16. The van der Waals surface area contributed by atoms with Crippen LogP contribution < -0.4 is 10.1 Å². The second-order valence-electron chi connectivity index (χ2n) is 4.96. The summed E-state index contributed by atoms with van der Waals surface area (Å²) in [6.45, 7) is 2.83. The van der Waals surface area contributed by atoms with E-state index in [1.54, 1.807) is 11.3 Å². The number of anilines is 1. The molecule has 3 nitrogen and oxygen atoms in total. The zero-order chi connectivity index (χ0) is 13.5. The van der Waals surface area contributed by atoms with Crippen LogP contribution in [0.5, 0.6) is 5.75 Å². The number of rotatable bonds is 1. The third kappa shape index (κ3) is 1.84. The zero-order valence-electron chi connectivity index (χ0n) is 11.1. The molecule has 1 aliphatic heterocycles. The third-order valence-electron chi connectivity index (χ3n) is 3.54. The smallest absolute Gasteiger partial charge is 0.167 e. The molecule has 2 aromatic carbocycles. The molecule has 1 aliphatic rings. The molecule has 1 aromatic heterocycles. The van der Waals surface area contributed by atoms with Crippen molar-refractivity contribution in [1.82, 2.24) is 4.98 Å². The molecular formula is C16H14N2OS. The number of aromatic nitrogens is 1. The molecule has 0 aliphatic carbocycles. The Hall–Kier alpha value is -2.07. The Balaban J connectivity index is 1.72. The topological polar surface area (TPSA) is 34.1 Å². The highest BCUT2D eigenvalue weighted by atomic mass is 32.1. The Morgan fingerprint density at radius 2 is 2.10 bits per heavy atom. The monoisotopic (exact) mass is 282 g/mol. The molecule has 0 radical (unpaired) electrons. The molecule has 0 spiro atoms. The molecule has 0 bridgehead atoms. The van der Waals surface area contributed by atoms with Crippen molar-refractivity contribution in [3.05, 3.63) is 53.0 Å². The normalized spacial score (nSPS) is 17.4. The summed E-state index contributed by atoms with van der Waals surface area (Å²) in [4.78, 5) is 4.69. The lowest BCUT2D eigenvalue weighted by atomic mass is 10.1. The minimum absolute atomic E-state index is 0.0130. The van der Waals surface area contributed by atoms with E-state index in [-0.39, 0.29) is 6.10 Å². The fourth-order valence-electron chi connectivity index (χ4n) is 2.50. The predicted molar refractivity (Wildman–Crippen MR) is 82.7 cm³/mol. The fraction of sp³-hybridized carbons (Fsp3) is 0.188. The van der Waals surface area contributed by atoms with Crippen molar-refractivity contribution >= 4 is 27.2 Å². The lowest BCUT2D eigenvalue weighted by molar-refractivity contribution is 0.209. The zero-order valence-corrected chi connectivity index (χ0v) is 11.9. The molecule has 0 saturated carbocycles. The van der Waals surface area contributed by atoms with Gasteiger partial charge in [-0.3, -0.25) is 0 Å². The van der Waals surface area contributed by atoms with E-state index in [1.165, 1.54) is 4.70 Å². The summed E-state index contributed by atoms with van der Waals surface area (Å²) >= 11 is 1.71. The van der Waals surface area contributed by atoms with Crippen LogP contribution in [-0.4, -0.2) is 11.5 Å². The van der Waals surface area contributed by atoms with Crippen LogP contribution in [0.3, 0.4) is 0 Å². The van der Waals surface area contributed by atoms with Gasteiger partial charge in [-0.15, -0.1) is 11.3 Å². The summed E-state index contributed by atoms with van der Waals surface area (Å²) in [5.41, 5.74) is 3.27. The first kappa shape index (κ1) is 11.7. The molecule has 0 fully saturated rings. The number of fused-ring (bicyclic) bond motifs is 2. The molecule has 1 N–H and O–H groups in total. The summed E-state index contributed by atoms with van der Waals surface area (Å²) < 4.78 is 7.37. The fourth-order valence-corrected chi connectivity index (χ4v) is 3.50. The number of hydrogen-bond acceptors (Lipinski definition) is 4. The maximum Gasteiger partial charge on any atom is 0.167 e. The van der Waals surface area contributed by atoms with Gasteiger partial charge in [0.05, 0.1) is 22.4 Å². The van der Waals surface area contributed by atoms with Gasteiger partial charge < -0.3 is 10.1 Å². The van der Waals surface area contributed by atoms with Crippen molar-refractivity contribution in [2.75, 3.05) is 11.9 Å². The molecule has 1 unspecified atom stereocenters. The van der Waals surface area contributed by atoms with Gasteiger partial charge in [-0.25, -0.2) is 4.98 Å². The van der Waals surface area contributed by atoms with E-state index < -0.39 is 0 Å². The average Bonchev–Trinajstić information content (AvgIpc) is 2.91. The Morgan fingerprint density at radius 1 is 1.20 bits per heavy atom. The van der Waals surface area contributed by atoms with Crippen LogP contribution in [0.4, 0.5) is 5.69 Å². The first-order valence-electron chi connectivity index (χ1n) is 6.67. The highest BCUT2D eigenvalue weighted by Gasteiger charge is 2.24. The highest BCUT2D eigenvalue weighted by Crippen LogP contribution is 2.38. The van der Waals surface area contributed by atoms with E-state index in [2.05, 4.69) is 30.4 Å². The number of hydrogen-bond donors (Lipinski definition) is 1. The second-order valence-corrected chi connectivity index (χ2v) is 6.02. The highest BCUT2D eigenvalue weighted by molar-refractivity contribution is 7.18. The van der Waals surface area contributed by atoms with Crippen LogP contribution in [0.15, 0.2) is 42.5 Å².